The number of hydrogen-bond donors (Lipinski definition) is 4. The summed E-state index contributed by atoms with van der Waals surface area (Å²) in [7, 11) is 0. The van der Waals surface area contributed by atoms with E-state index in [1.54, 1.807) is 30.5 Å². The summed E-state index contributed by atoms with van der Waals surface area (Å²) in [6.45, 7) is -0.441. The zero-order chi connectivity index (χ0) is 21.1. The smallest absolute Gasteiger partial charge is 0.251 e. The molecule has 0 saturated carbocycles. The molecule has 0 aliphatic rings. The number of aliphatic hydroxyl groups is 2. The summed E-state index contributed by atoms with van der Waals surface area (Å²) in [4.78, 5) is 21.0. The predicted octanol–water partition coefficient (Wildman–Crippen LogP) is 2.22. The summed E-state index contributed by atoms with van der Waals surface area (Å²) < 4.78 is 5.86. The van der Waals surface area contributed by atoms with Gasteiger partial charge in [-0.05, 0) is 24.3 Å². The molecule has 5 N–H and O–H groups in total. The molecule has 2 aromatic heterocycles. The van der Waals surface area contributed by atoms with E-state index >= 15 is 0 Å². The van der Waals surface area contributed by atoms with Crippen molar-refractivity contribution in [3.05, 3.63) is 66.4 Å². The van der Waals surface area contributed by atoms with Crippen LogP contribution in [0.1, 0.15) is 10.4 Å². The monoisotopic (exact) mass is 404 g/mol. The highest BCUT2D eigenvalue weighted by Gasteiger charge is 2.14. The molecule has 30 heavy (non-hydrogen) atoms. The molecule has 0 saturated heterocycles. The molecule has 0 radical (unpaired) electrons. The number of anilines is 1. The van der Waals surface area contributed by atoms with Crippen LogP contribution in [0, 0.1) is 0 Å². The Bertz CT molecular complexity index is 1150. The van der Waals surface area contributed by atoms with Crippen LogP contribution in [0.25, 0.3) is 33.7 Å². The molecule has 0 unspecified atom stereocenters. The minimum absolute atomic E-state index is 0.0264. The van der Waals surface area contributed by atoms with Crippen molar-refractivity contribution in [2.45, 2.75) is 6.10 Å². The van der Waals surface area contributed by atoms with Gasteiger partial charge in [0.2, 0.25) is 0 Å². The van der Waals surface area contributed by atoms with E-state index in [4.69, 9.17) is 15.3 Å². The van der Waals surface area contributed by atoms with E-state index in [9.17, 15) is 9.90 Å². The molecule has 2 aromatic carbocycles. The topological polar surface area (TPSA) is 134 Å². The highest BCUT2D eigenvalue weighted by molar-refractivity contribution is 5.94. The molecule has 8 heteroatoms. The van der Waals surface area contributed by atoms with Crippen LogP contribution in [0.3, 0.4) is 0 Å². The molecular formula is C22H20N4O4. The number of rotatable bonds is 6. The number of benzene rings is 2. The fourth-order valence-corrected chi connectivity index (χ4v) is 2.99. The van der Waals surface area contributed by atoms with Crippen LogP contribution in [0.2, 0.25) is 0 Å². The third kappa shape index (κ3) is 4.00. The van der Waals surface area contributed by atoms with E-state index in [2.05, 4.69) is 15.3 Å². The number of nitrogens with one attached hydrogen (secondary N) is 1. The van der Waals surface area contributed by atoms with E-state index in [0.717, 1.165) is 16.5 Å². The molecule has 4 rings (SSSR count). The number of nitrogens with zero attached hydrogens (tertiary/aromatic N) is 2. The second-order valence-corrected chi connectivity index (χ2v) is 6.76. The number of hydrogen-bond acceptors (Lipinski definition) is 7. The number of fused-ring (bicyclic) bond motifs is 1. The molecule has 0 spiro atoms. The van der Waals surface area contributed by atoms with Crippen LogP contribution in [-0.2, 0) is 0 Å². The number of furan rings is 1. The summed E-state index contributed by atoms with van der Waals surface area (Å²) in [5, 5.41) is 21.7. The maximum absolute atomic E-state index is 12.1. The number of carbonyl (C=O) groups is 1. The van der Waals surface area contributed by atoms with E-state index in [0.29, 0.717) is 22.7 Å². The molecule has 0 fully saturated rings. The lowest BCUT2D eigenvalue weighted by Gasteiger charge is -2.09. The van der Waals surface area contributed by atoms with Crippen LogP contribution in [0.5, 0.6) is 0 Å². The second kappa shape index (κ2) is 8.32. The molecule has 152 valence electrons. The van der Waals surface area contributed by atoms with Gasteiger partial charge in [-0.2, -0.15) is 0 Å². The molecule has 4 aromatic rings. The van der Waals surface area contributed by atoms with Gasteiger partial charge in [0.05, 0.1) is 24.6 Å². The first-order valence-corrected chi connectivity index (χ1v) is 9.34. The number of aliphatic hydroxyl groups excluding tert-OH is 2. The second-order valence-electron chi connectivity index (χ2n) is 6.76. The largest absolute Gasteiger partial charge is 0.454 e. The fourth-order valence-electron chi connectivity index (χ4n) is 2.99. The Hall–Kier alpha value is -3.75. The first-order chi connectivity index (χ1) is 14.5. The van der Waals surface area contributed by atoms with Gasteiger partial charge in [0, 0.05) is 23.1 Å². The minimum atomic E-state index is -0.991. The first-order valence-electron chi connectivity index (χ1n) is 9.34. The van der Waals surface area contributed by atoms with Crippen molar-refractivity contribution in [1.29, 1.82) is 0 Å². The van der Waals surface area contributed by atoms with Crippen molar-refractivity contribution < 1.29 is 19.4 Å². The van der Waals surface area contributed by atoms with Gasteiger partial charge < -0.3 is 25.7 Å². The van der Waals surface area contributed by atoms with Gasteiger partial charge in [-0.15, -0.1) is 0 Å². The average Bonchev–Trinajstić information content (AvgIpc) is 3.21. The molecule has 0 bridgehead atoms. The summed E-state index contributed by atoms with van der Waals surface area (Å²) in [6, 6.07) is 16.3. The van der Waals surface area contributed by atoms with Crippen LogP contribution >= 0.6 is 0 Å². The highest BCUT2D eigenvalue weighted by atomic mass is 16.3. The number of carbonyl (C=O) groups excluding carboxylic acids is 1. The molecule has 0 aliphatic heterocycles. The lowest BCUT2D eigenvalue weighted by Crippen LogP contribution is -2.33. The van der Waals surface area contributed by atoms with Crippen molar-refractivity contribution in [3.63, 3.8) is 0 Å². The Balaban J connectivity index is 1.59. The van der Waals surface area contributed by atoms with Gasteiger partial charge in [0.25, 0.3) is 5.91 Å². The zero-order valence-corrected chi connectivity index (χ0v) is 15.9. The number of nitrogen functional groups attached to an aromatic ring is 1. The lowest BCUT2D eigenvalue weighted by atomic mass is 10.1. The van der Waals surface area contributed by atoms with E-state index in [1.165, 1.54) is 0 Å². The van der Waals surface area contributed by atoms with Gasteiger partial charge in [0.1, 0.15) is 11.3 Å². The van der Waals surface area contributed by atoms with E-state index < -0.39 is 12.7 Å². The number of aromatic nitrogens is 2. The van der Waals surface area contributed by atoms with Gasteiger partial charge >= 0.3 is 0 Å². The predicted molar refractivity (Wildman–Crippen MR) is 113 cm³/mol. The fraction of sp³-hybridized carbons (Fsp3) is 0.136. The Morgan fingerprint density at radius 2 is 1.93 bits per heavy atom. The lowest BCUT2D eigenvalue weighted by molar-refractivity contribution is 0.0802. The van der Waals surface area contributed by atoms with Gasteiger partial charge in [-0.1, -0.05) is 30.3 Å². The quantitative estimate of drug-likeness (QED) is 0.387. The Labute approximate surface area is 172 Å². The Morgan fingerprint density at radius 1 is 1.17 bits per heavy atom. The van der Waals surface area contributed by atoms with Crippen molar-refractivity contribution in [2.24, 2.45) is 0 Å². The van der Waals surface area contributed by atoms with Crippen molar-refractivity contribution in [3.8, 4) is 22.7 Å². The van der Waals surface area contributed by atoms with Gasteiger partial charge in [0.15, 0.2) is 11.6 Å². The molecule has 8 nitrogen and oxygen atoms in total. The summed E-state index contributed by atoms with van der Waals surface area (Å²) in [5.74, 6) is 0.443. The molecule has 1 amide bonds. The molecular weight excluding hydrogens is 384 g/mol. The number of para-hydroxylation sites is 1. The first kappa shape index (κ1) is 19.6. The maximum atomic E-state index is 12.1. The van der Waals surface area contributed by atoms with E-state index in [1.807, 2.05) is 30.3 Å². The molecule has 2 heterocycles. The van der Waals surface area contributed by atoms with Crippen LogP contribution < -0.4 is 11.1 Å². The SMILES string of the molecule is Nc1ncc(-c2ccc(C(=O)NC[C@@H](O)CO)cc2)nc1-c1cc2ccccc2o1. The van der Waals surface area contributed by atoms with Crippen LogP contribution in [-0.4, -0.2) is 45.3 Å². The zero-order valence-electron chi connectivity index (χ0n) is 15.9. The minimum Gasteiger partial charge on any atom is -0.454 e. The van der Waals surface area contributed by atoms with Crippen molar-refractivity contribution >= 4 is 22.7 Å². The molecule has 0 aliphatic carbocycles. The average molecular weight is 404 g/mol. The third-order valence-corrected chi connectivity index (χ3v) is 4.61. The normalized spacial score (nSPS) is 12.1. The Morgan fingerprint density at radius 3 is 2.67 bits per heavy atom. The maximum Gasteiger partial charge on any atom is 0.251 e. The van der Waals surface area contributed by atoms with Gasteiger partial charge in [-0.3, -0.25) is 4.79 Å². The van der Waals surface area contributed by atoms with E-state index in [-0.39, 0.29) is 18.3 Å². The Kier molecular flexibility index (Phi) is 5.42. The summed E-state index contributed by atoms with van der Waals surface area (Å²) in [6.07, 6.45) is 0.573. The number of nitrogens with two attached hydrogens (primary N) is 1. The third-order valence-electron chi connectivity index (χ3n) is 4.61. The standard InChI is InChI=1S/C22H20N4O4/c23-21-20(19-9-15-3-1-2-4-18(15)30-19)26-17(11-24-21)13-5-7-14(8-6-13)22(29)25-10-16(28)12-27/h1-9,11,16,27-28H,10,12H2,(H2,23,24)(H,25,29)/t16-/m1/s1. The van der Waals surface area contributed by atoms with Crippen LogP contribution in [0.15, 0.2) is 65.2 Å². The van der Waals surface area contributed by atoms with Crippen LogP contribution in [0.4, 0.5) is 5.82 Å². The highest BCUT2D eigenvalue weighted by Crippen LogP contribution is 2.30. The molecule has 1 atom stereocenters. The van der Waals surface area contributed by atoms with Gasteiger partial charge in [-0.25, -0.2) is 9.97 Å². The van der Waals surface area contributed by atoms with Crippen molar-refractivity contribution in [2.75, 3.05) is 18.9 Å². The summed E-state index contributed by atoms with van der Waals surface area (Å²) >= 11 is 0. The van der Waals surface area contributed by atoms with Crippen molar-refractivity contribution in [1.82, 2.24) is 15.3 Å². The number of amides is 1. The summed E-state index contributed by atoms with van der Waals surface area (Å²) in [5.41, 5.74) is 8.98.